The molecule has 0 saturated heterocycles. The molecule has 0 aromatic rings. The standard InChI is InChI=1S/C8H18NOP/c1-7(4-3-5-11)6-9-8(2)10/h7H,3-6,11H2,1-2H3,(H,9,10). The topological polar surface area (TPSA) is 29.1 Å². The van der Waals surface area contributed by atoms with Crippen molar-refractivity contribution in [3.8, 4) is 0 Å². The van der Waals surface area contributed by atoms with Gasteiger partial charge in [-0.25, -0.2) is 0 Å². The lowest BCUT2D eigenvalue weighted by Gasteiger charge is -2.10. The van der Waals surface area contributed by atoms with Gasteiger partial charge in [-0.15, -0.1) is 9.24 Å². The molecule has 1 N–H and O–H groups in total. The lowest BCUT2D eigenvalue weighted by Crippen LogP contribution is -2.25. The van der Waals surface area contributed by atoms with Gasteiger partial charge in [0, 0.05) is 13.5 Å². The van der Waals surface area contributed by atoms with Gasteiger partial charge in [-0.3, -0.25) is 4.79 Å². The van der Waals surface area contributed by atoms with Gasteiger partial charge in [0.05, 0.1) is 0 Å². The average molecular weight is 175 g/mol. The van der Waals surface area contributed by atoms with Crippen molar-refractivity contribution in [2.24, 2.45) is 5.92 Å². The molecule has 66 valence electrons. The van der Waals surface area contributed by atoms with Crippen LogP contribution in [0.4, 0.5) is 0 Å². The molecule has 0 rings (SSSR count). The highest BCUT2D eigenvalue weighted by atomic mass is 31.0. The van der Waals surface area contributed by atoms with Crippen molar-refractivity contribution in [3.63, 3.8) is 0 Å². The van der Waals surface area contributed by atoms with Crippen LogP contribution in [0.2, 0.25) is 0 Å². The lowest BCUT2D eigenvalue weighted by atomic mass is 10.1. The first kappa shape index (κ1) is 10.9. The minimum absolute atomic E-state index is 0.0720. The van der Waals surface area contributed by atoms with E-state index in [9.17, 15) is 4.79 Å². The van der Waals surface area contributed by atoms with E-state index >= 15 is 0 Å². The van der Waals surface area contributed by atoms with Gasteiger partial charge in [0.15, 0.2) is 0 Å². The number of carbonyl (C=O) groups excluding carboxylic acids is 1. The van der Waals surface area contributed by atoms with Gasteiger partial charge in [-0.05, 0) is 24.9 Å². The van der Waals surface area contributed by atoms with Crippen LogP contribution in [0.25, 0.3) is 0 Å². The molecule has 0 aliphatic carbocycles. The monoisotopic (exact) mass is 175 g/mol. The summed E-state index contributed by atoms with van der Waals surface area (Å²) in [4.78, 5) is 10.5. The van der Waals surface area contributed by atoms with E-state index in [0.29, 0.717) is 5.92 Å². The lowest BCUT2D eigenvalue weighted by molar-refractivity contribution is -0.119. The van der Waals surface area contributed by atoms with Gasteiger partial charge < -0.3 is 5.32 Å². The fraction of sp³-hybridized carbons (Fsp3) is 0.875. The Balaban J connectivity index is 3.22. The highest BCUT2D eigenvalue weighted by Gasteiger charge is 2.00. The van der Waals surface area contributed by atoms with Crippen molar-refractivity contribution in [1.29, 1.82) is 0 Å². The largest absolute Gasteiger partial charge is 0.356 e. The predicted octanol–water partition coefficient (Wildman–Crippen LogP) is 1.41. The molecule has 0 aliphatic rings. The maximum absolute atomic E-state index is 10.5. The maximum atomic E-state index is 10.5. The molecule has 0 fully saturated rings. The minimum atomic E-state index is 0.0720. The van der Waals surface area contributed by atoms with E-state index in [1.807, 2.05) is 0 Å². The second-order valence-electron chi connectivity index (χ2n) is 2.97. The van der Waals surface area contributed by atoms with Gasteiger partial charge >= 0.3 is 0 Å². The zero-order valence-electron chi connectivity index (χ0n) is 7.39. The van der Waals surface area contributed by atoms with Crippen molar-refractivity contribution < 1.29 is 4.79 Å². The summed E-state index contributed by atoms with van der Waals surface area (Å²) in [5.41, 5.74) is 0. The molecule has 11 heavy (non-hydrogen) atoms. The van der Waals surface area contributed by atoms with Crippen LogP contribution < -0.4 is 5.32 Å². The van der Waals surface area contributed by atoms with E-state index in [2.05, 4.69) is 21.5 Å². The first-order chi connectivity index (χ1) is 5.16. The molecule has 0 aromatic heterocycles. The van der Waals surface area contributed by atoms with Crippen molar-refractivity contribution >= 4 is 15.1 Å². The molecular formula is C8H18NOP. The van der Waals surface area contributed by atoms with Crippen molar-refractivity contribution in [1.82, 2.24) is 5.32 Å². The molecule has 0 saturated carbocycles. The van der Waals surface area contributed by atoms with Crippen LogP contribution in [-0.2, 0) is 4.79 Å². The zero-order valence-corrected chi connectivity index (χ0v) is 8.55. The van der Waals surface area contributed by atoms with Gasteiger partial charge in [-0.2, -0.15) is 0 Å². The van der Waals surface area contributed by atoms with E-state index in [0.717, 1.165) is 12.7 Å². The second-order valence-corrected chi connectivity index (χ2v) is 3.55. The number of nitrogens with one attached hydrogen (secondary N) is 1. The van der Waals surface area contributed by atoms with Crippen LogP contribution in [0, 0.1) is 5.92 Å². The molecular weight excluding hydrogens is 157 g/mol. The molecule has 0 aliphatic heterocycles. The summed E-state index contributed by atoms with van der Waals surface area (Å²) in [6.45, 7) is 4.54. The third-order valence-electron chi connectivity index (χ3n) is 1.60. The van der Waals surface area contributed by atoms with Gasteiger partial charge in [0.2, 0.25) is 5.91 Å². The molecule has 2 nitrogen and oxygen atoms in total. The first-order valence-electron chi connectivity index (χ1n) is 4.11. The Labute approximate surface area is 71.3 Å². The highest BCUT2D eigenvalue weighted by Crippen LogP contribution is 2.05. The van der Waals surface area contributed by atoms with E-state index < -0.39 is 0 Å². The maximum Gasteiger partial charge on any atom is 0.216 e. The summed E-state index contributed by atoms with van der Waals surface area (Å²) in [5, 5.41) is 2.81. The SMILES string of the molecule is CC(=O)NCC(C)CCCP. The summed E-state index contributed by atoms with van der Waals surface area (Å²) < 4.78 is 0. The molecule has 0 spiro atoms. The zero-order chi connectivity index (χ0) is 8.69. The number of carbonyl (C=O) groups is 1. The third kappa shape index (κ3) is 7.80. The van der Waals surface area contributed by atoms with Crippen molar-refractivity contribution in [2.45, 2.75) is 26.7 Å². The molecule has 2 atom stereocenters. The average Bonchev–Trinajstić information content (AvgIpc) is 1.97. The van der Waals surface area contributed by atoms with E-state index in [1.165, 1.54) is 12.8 Å². The molecule has 0 heterocycles. The Morgan fingerprint density at radius 3 is 2.73 bits per heavy atom. The van der Waals surface area contributed by atoms with Crippen molar-refractivity contribution in [3.05, 3.63) is 0 Å². The molecule has 2 unspecified atom stereocenters. The quantitative estimate of drug-likeness (QED) is 0.629. The Morgan fingerprint density at radius 2 is 2.27 bits per heavy atom. The van der Waals surface area contributed by atoms with E-state index in [-0.39, 0.29) is 5.91 Å². The number of amides is 1. The Hall–Kier alpha value is -0.100. The molecule has 0 radical (unpaired) electrons. The van der Waals surface area contributed by atoms with Crippen LogP contribution in [0.1, 0.15) is 26.7 Å². The summed E-state index contributed by atoms with van der Waals surface area (Å²) in [6, 6.07) is 0. The van der Waals surface area contributed by atoms with Gasteiger partial charge in [0.1, 0.15) is 0 Å². The van der Waals surface area contributed by atoms with Crippen LogP contribution in [0.3, 0.4) is 0 Å². The molecule has 0 bridgehead atoms. The van der Waals surface area contributed by atoms with E-state index in [4.69, 9.17) is 0 Å². The van der Waals surface area contributed by atoms with Gasteiger partial charge in [0.25, 0.3) is 0 Å². The van der Waals surface area contributed by atoms with E-state index in [1.54, 1.807) is 6.92 Å². The number of hydrogen-bond donors (Lipinski definition) is 1. The number of rotatable bonds is 5. The molecule has 1 amide bonds. The Kier molecular flexibility index (Phi) is 6.54. The fourth-order valence-corrected chi connectivity index (χ4v) is 1.12. The third-order valence-corrected chi connectivity index (χ3v) is 2.01. The van der Waals surface area contributed by atoms with Crippen LogP contribution in [0.15, 0.2) is 0 Å². The normalized spacial score (nSPS) is 12.6. The van der Waals surface area contributed by atoms with Crippen LogP contribution >= 0.6 is 9.24 Å². The Morgan fingerprint density at radius 1 is 1.64 bits per heavy atom. The number of hydrogen-bond acceptors (Lipinski definition) is 1. The smallest absolute Gasteiger partial charge is 0.216 e. The molecule has 0 aromatic carbocycles. The predicted molar refractivity (Wildman–Crippen MR) is 51.7 cm³/mol. The first-order valence-corrected chi connectivity index (χ1v) is 4.93. The summed E-state index contributed by atoms with van der Waals surface area (Å²) in [6.07, 6.45) is 3.58. The summed E-state index contributed by atoms with van der Waals surface area (Å²) >= 11 is 0. The van der Waals surface area contributed by atoms with Gasteiger partial charge in [-0.1, -0.05) is 6.92 Å². The Bertz CT molecular complexity index is 117. The minimum Gasteiger partial charge on any atom is -0.356 e. The van der Waals surface area contributed by atoms with Crippen LogP contribution in [-0.4, -0.2) is 18.6 Å². The highest BCUT2D eigenvalue weighted by molar-refractivity contribution is 7.16. The fourth-order valence-electron chi connectivity index (χ4n) is 0.886. The van der Waals surface area contributed by atoms with Crippen LogP contribution in [0.5, 0.6) is 0 Å². The second kappa shape index (κ2) is 6.60. The summed E-state index contributed by atoms with van der Waals surface area (Å²) in [7, 11) is 2.71. The summed E-state index contributed by atoms with van der Waals surface area (Å²) in [5.74, 6) is 0.683. The molecule has 3 heteroatoms. The van der Waals surface area contributed by atoms with Crippen molar-refractivity contribution in [2.75, 3.05) is 12.7 Å².